The lowest BCUT2D eigenvalue weighted by molar-refractivity contribution is 0.436. The van der Waals surface area contributed by atoms with Crippen LogP contribution in [-0.2, 0) is 16.6 Å². The Morgan fingerprint density at radius 1 is 1.61 bits per heavy atom. The van der Waals surface area contributed by atoms with E-state index >= 15 is 0 Å². The highest BCUT2D eigenvalue weighted by Crippen LogP contribution is 2.33. The lowest BCUT2D eigenvalue weighted by Crippen LogP contribution is -2.33. The van der Waals surface area contributed by atoms with E-state index in [1.165, 1.54) is 11.3 Å². The third-order valence-electron chi connectivity index (χ3n) is 2.85. The quantitative estimate of drug-likeness (QED) is 0.778. The summed E-state index contributed by atoms with van der Waals surface area (Å²) in [7, 11) is -1.50. The van der Waals surface area contributed by atoms with E-state index < -0.39 is 10.0 Å². The molecule has 100 valence electrons. The summed E-state index contributed by atoms with van der Waals surface area (Å²) in [5.41, 5.74) is 0. The molecule has 0 aliphatic heterocycles. The average molecular weight is 286 g/mol. The Bertz CT molecular complexity index is 518. The Balaban J connectivity index is 2.24. The van der Waals surface area contributed by atoms with E-state index in [0.717, 1.165) is 17.7 Å². The molecule has 0 spiro atoms. The molecule has 0 amide bonds. The Hall–Kier alpha value is -0.690. The zero-order valence-corrected chi connectivity index (χ0v) is 12.1. The molecule has 18 heavy (non-hydrogen) atoms. The summed E-state index contributed by atoms with van der Waals surface area (Å²) < 4.78 is 26.5. The summed E-state index contributed by atoms with van der Waals surface area (Å²) in [5, 5.41) is 4.75. The largest absolute Gasteiger partial charge is 0.315 e. The topological polar surface area (TPSA) is 49.4 Å². The monoisotopic (exact) mass is 286 g/mol. The summed E-state index contributed by atoms with van der Waals surface area (Å²) in [4.78, 5) is 1.44. The maximum atomic E-state index is 12.5. The van der Waals surface area contributed by atoms with Crippen molar-refractivity contribution in [2.24, 2.45) is 0 Å². The van der Waals surface area contributed by atoms with E-state index in [4.69, 9.17) is 0 Å². The minimum absolute atomic E-state index is 0.167. The van der Waals surface area contributed by atoms with Crippen LogP contribution in [0.5, 0.6) is 0 Å². The summed E-state index contributed by atoms with van der Waals surface area (Å²) >= 11 is 1.47. The van der Waals surface area contributed by atoms with Crippen LogP contribution >= 0.6 is 11.3 Å². The van der Waals surface area contributed by atoms with Gasteiger partial charge in [-0.1, -0.05) is 6.08 Å². The number of nitrogens with one attached hydrogen (secondary N) is 1. The molecule has 1 aliphatic carbocycles. The summed E-state index contributed by atoms with van der Waals surface area (Å²) in [6.07, 6.45) is 3.57. The fraction of sp³-hybridized carbons (Fsp3) is 0.500. The van der Waals surface area contributed by atoms with Crippen LogP contribution in [-0.4, -0.2) is 32.4 Å². The van der Waals surface area contributed by atoms with Gasteiger partial charge in [0.2, 0.25) is 10.0 Å². The van der Waals surface area contributed by atoms with Gasteiger partial charge >= 0.3 is 0 Å². The van der Waals surface area contributed by atoms with Crippen molar-refractivity contribution in [1.29, 1.82) is 0 Å². The first-order valence-corrected chi connectivity index (χ1v) is 8.26. The maximum Gasteiger partial charge on any atom is 0.244 e. The molecule has 1 fully saturated rings. The van der Waals surface area contributed by atoms with Gasteiger partial charge in [-0.15, -0.1) is 17.9 Å². The van der Waals surface area contributed by atoms with Gasteiger partial charge in [0, 0.05) is 29.4 Å². The zero-order valence-electron chi connectivity index (χ0n) is 10.4. The standard InChI is InChI=1S/C12H18N2O2S2/c1-3-6-14(10-4-5-10)18(15,16)12-7-11(8-13-2)17-9-12/h3,7,9-10,13H,1,4-6,8H2,2H3. The molecule has 0 atom stereocenters. The molecule has 1 N–H and O–H groups in total. The molecule has 1 aliphatic rings. The first kappa shape index (κ1) is 13.7. The van der Waals surface area contributed by atoms with Crippen LogP contribution < -0.4 is 5.32 Å². The van der Waals surface area contributed by atoms with Crippen molar-refractivity contribution in [3.05, 3.63) is 29.0 Å². The molecule has 0 radical (unpaired) electrons. The maximum absolute atomic E-state index is 12.5. The SMILES string of the molecule is C=CCN(C1CC1)S(=O)(=O)c1csc(CNC)c1. The molecule has 1 saturated carbocycles. The highest BCUT2D eigenvalue weighted by Gasteiger charge is 2.37. The van der Waals surface area contributed by atoms with E-state index in [1.807, 2.05) is 7.05 Å². The van der Waals surface area contributed by atoms with Gasteiger partial charge in [-0.3, -0.25) is 0 Å². The van der Waals surface area contributed by atoms with Gasteiger partial charge in [-0.2, -0.15) is 4.31 Å². The first-order valence-electron chi connectivity index (χ1n) is 5.94. The van der Waals surface area contributed by atoms with Gasteiger partial charge < -0.3 is 5.32 Å². The molecule has 4 nitrogen and oxygen atoms in total. The van der Waals surface area contributed by atoms with Gasteiger partial charge in [0.25, 0.3) is 0 Å². The zero-order chi connectivity index (χ0) is 13.2. The van der Waals surface area contributed by atoms with Crippen molar-refractivity contribution in [2.75, 3.05) is 13.6 Å². The second kappa shape index (κ2) is 5.52. The molecule has 0 aromatic carbocycles. The Morgan fingerprint density at radius 3 is 2.89 bits per heavy atom. The fourth-order valence-electron chi connectivity index (χ4n) is 1.83. The Kier molecular flexibility index (Phi) is 4.21. The van der Waals surface area contributed by atoms with Crippen LogP contribution in [0.4, 0.5) is 0 Å². The molecule has 1 heterocycles. The number of thiophene rings is 1. The molecule has 1 aromatic heterocycles. The Labute approximate surface area is 112 Å². The summed E-state index contributed by atoms with van der Waals surface area (Å²) in [5.74, 6) is 0. The minimum Gasteiger partial charge on any atom is -0.315 e. The predicted octanol–water partition coefficient (Wildman–Crippen LogP) is 1.81. The molecule has 6 heteroatoms. The van der Waals surface area contributed by atoms with Crippen molar-refractivity contribution in [2.45, 2.75) is 30.3 Å². The number of rotatable bonds is 7. The van der Waals surface area contributed by atoms with E-state index in [0.29, 0.717) is 18.0 Å². The number of hydrogen-bond acceptors (Lipinski definition) is 4. The second-order valence-electron chi connectivity index (χ2n) is 4.37. The fourth-order valence-corrected chi connectivity index (χ4v) is 4.76. The van der Waals surface area contributed by atoms with Gasteiger partial charge in [-0.25, -0.2) is 8.42 Å². The minimum atomic E-state index is -3.35. The predicted molar refractivity (Wildman–Crippen MR) is 74.2 cm³/mol. The van der Waals surface area contributed by atoms with Crippen LogP contribution in [0.15, 0.2) is 29.0 Å². The van der Waals surface area contributed by atoms with Crippen LogP contribution in [0, 0.1) is 0 Å². The van der Waals surface area contributed by atoms with Crippen LogP contribution in [0.2, 0.25) is 0 Å². The summed E-state index contributed by atoms with van der Waals surface area (Å²) in [6.45, 7) is 4.73. The normalized spacial score (nSPS) is 16.1. The van der Waals surface area contributed by atoms with Crippen LogP contribution in [0.25, 0.3) is 0 Å². The van der Waals surface area contributed by atoms with E-state index in [9.17, 15) is 8.42 Å². The molecule has 0 unspecified atom stereocenters. The van der Waals surface area contributed by atoms with Crippen LogP contribution in [0.3, 0.4) is 0 Å². The highest BCUT2D eigenvalue weighted by molar-refractivity contribution is 7.89. The molecular formula is C12H18N2O2S2. The summed E-state index contributed by atoms with van der Waals surface area (Å²) in [6, 6.07) is 1.93. The third kappa shape index (κ3) is 2.83. The van der Waals surface area contributed by atoms with Crippen LogP contribution in [0.1, 0.15) is 17.7 Å². The highest BCUT2D eigenvalue weighted by atomic mass is 32.2. The molecule has 1 aromatic rings. The van der Waals surface area contributed by atoms with Gasteiger partial charge in [0.1, 0.15) is 0 Å². The van der Waals surface area contributed by atoms with Crippen molar-refractivity contribution >= 4 is 21.4 Å². The van der Waals surface area contributed by atoms with Crippen molar-refractivity contribution < 1.29 is 8.42 Å². The second-order valence-corrected chi connectivity index (χ2v) is 7.26. The number of sulfonamides is 1. The average Bonchev–Trinajstić information content (AvgIpc) is 3.05. The molecule has 2 rings (SSSR count). The lowest BCUT2D eigenvalue weighted by atomic mass is 10.5. The van der Waals surface area contributed by atoms with E-state index in [2.05, 4.69) is 11.9 Å². The molecular weight excluding hydrogens is 268 g/mol. The van der Waals surface area contributed by atoms with Crippen molar-refractivity contribution in [3.8, 4) is 0 Å². The lowest BCUT2D eigenvalue weighted by Gasteiger charge is -2.19. The van der Waals surface area contributed by atoms with Crippen molar-refractivity contribution in [1.82, 2.24) is 9.62 Å². The van der Waals surface area contributed by atoms with E-state index in [-0.39, 0.29) is 6.04 Å². The van der Waals surface area contributed by atoms with Gasteiger partial charge in [-0.05, 0) is 26.0 Å². The number of nitrogens with zero attached hydrogens (tertiary/aromatic N) is 1. The molecule has 0 bridgehead atoms. The van der Waals surface area contributed by atoms with Crippen molar-refractivity contribution in [3.63, 3.8) is 0 Å². The van der Waals surface area contributed by atoms with Gasteiger partial charge in [0.05, 0.1) is 4.90 Å². The van der Waals surface area contributed by atoms with Gasteiger partial charge in [0.15, 0.2) is 0 Å². The Morgan fingerprint density at radius 2 is 2.33 bits per heavy atom. The smallest absolute Gasteiger partial charge is 0.244 e. The number of hydrogen-bond donors (Lipinski definition) is 1. The third-order valence-corrected chi connectivity index (χ3v) is 5.83. The molecule has 0 saturated heterocycles. The van der Waals surface area contributed by atoms with E-state index in [1.54, 1.807) is 21.8 Å². The first-order chi connectivity index (χ1) is 8.59.